The number of hydrogen-bond acceptors (Lipinski definition) is 1. The Kier molecular flexibility index (Phi) is 10.9. The summed E-state index contributed by atoms with van der Waals surface area (Å²) in [5.41, 5.74) is 13.0. The first-order valence-electron chi connectivity index (χ1n) is 14.9. The highest BCUT2D eigenvalue weighted by atomic mass is 15.2. The molecule has 1 aliphatic heterocycles. The number of hydrogen-bond donors (Lipinski definition) is 0. The van der Waals surface area contributed by atoms with Crippen molar-refractivity contribution in [1.29, 1.82) is 0 Å². The molecule has 0 spiro atoms. The van der Waals surface area contributed by atoms with E-state index in [1.165, 1.54) is 63.9 Å². The molecule has 1 heteroatoms. The summed E-state index contributed by atoms with van der Waals surface area (Å²) < 4.78 is 0. The Morgan fingerprint density at radius 1 is 0.946 bits per heavy atom. The predicted molar refractivity (Wildman–Crippen MR) is 165 cm³/mol. The van der Waals surface area contributed by atoms with Crippen molar-refractivity contribution in [1.82, 2.24) is 4.90 Å². The van der Waals surface area contributed by atoms with Crippen molar-refractivity contribution in [3.63, 3.8) is 0 Å². The molecule has 2 aromatic carbocycles. The summed E-state index contributed by atoms with van der Waals surface area (Å²) >= 11 is 0. The maximum absolute atomic E-state index is 4.52. The Labute approximate surface area is 228 Å². The van der Waals surface area contributed by atoms with Crippen molar-refractivity contribution in [3.05, 3.63) is 94.1 Å². The zero-order valence-corrected chi connectivity index (χ0v) is 24.6. The largest absolute Gasteiger partial charge is 0.364 e. The zero-order chi connectivity index (χ0) is 26.9. The maximum atomic E-state index is 4.52. The van der Waals surface area contributed by atoms with Crippen molar-refractivity contribution in [2.45, 2.75) is 112 Å². The Morgan fingerprint density at radius 2 is 1.68 bits per heavy atom. The smallest absolute Gasteiger partial charge is 0.0442 e. The second kappa shape index (κ2) is 13.8. The number of fused-ring (bicyclic) bond motifs is 2. The molecule has 0 aromatic heterocycles. The highest BCUT2D eigenvalue weighted by molar-refractivity contribution is 5.71. The first-order chi connectivity index (χ1) is 17.9. The van der Waals surface area contributed by atoms with E-state index in [1.54, 1.807) is 5.57 Å². The van der Waals surface area contributed by atoms with Crippen LogP contribution in [0.5, 0.6) is 0 Å². The third-order valence-electron chi connectivity index (χ3n) is 7.83. The van der Waals surface area contributed by atoms with Gasteiger partial charge in [0, 0.05) is 23.8 Å². The second-order valence-corrected chi connectivity index (χ2v) is 11.3. The van der Waals surface area contributed by atoms with Crippen LogP contribution in [0.15, 0.2) is 60.7 Å². The minimum absolute atomic E-state index is 0.595. The molecule has 0 bridgehead atoms. The van der Waals surface area contributed by atoms with Gasteiger partial charge in [0.25, 0.3) is 0 Å². The van der Waals surface area contributed by atoms with E-state index in [1.807, 2.05) is 0 Å². The lowest BCUT2D eigenvalue weighted by Crippen LogP contribution is -2.37. The van der Waals surface area contributed by atoms with Crippen molar-refractivity contribution >= 4 is 11.8 Å². The highest BCUT2D eigenvalue weighted by Gasteiger charge is 2.34. The van der Waals surface area contributed by atoms with E-state index in [0.29, 0.717) is 12.0 Å². The summed E-state index contributed by atoms with van der Waals surface area (Å²) in [4.78, 5) is 2.60. The van der Waals surface area contributed by atoms with Crippen LogP contribution in [0, 0.1) is 5.92 Å². The van der Waals surface area contributed by atoms with Crippen molar-refractivity contribution in [2.75, 3.05) is 0 Å². The van der Waals surface area contributed by atoms with Crippen LogP contribution in [0.3, 0.4) is 0 Å². The van der Waals surface area contributed by atoms with E-state index in [-0.39, 0.29) is 0 Å². The fourth-order valence-electron chi connectivity index (χ4n) is 5.99. The molecule has 1 fully saturated rings. The number of rotatable bonds is 5. The molecule has 0 saturated heterocycles. The van der Waals surface area contributed by atoms with E-state index < -0.39 is 0 Å². The lowest BCUT2D eigenvalue weighted by Gasteiger charge is -2.39. The molecule has 2 unspecified atom stereocenters. The quantitative estimate of drug-likeness (QED) is 0.371. The van der Waals surface area contributed by atoms with Gasteiger partial charge in [-0.25, -0.2) is 0 Å². The van der Waals surface area contributed by atoms with E-state index in [9.17, 15) is 0 Å². The van der Waals surface area contributed by atoms with Gasteiger partial charge < -0.3 is 4.90 Å². The van der Waals surface area contributed by atoms with Gasteiger partial charge in [-0.3, -0.25) is 0 Å². The van der Waals surface area contributed by atoms with Crippen LogP contribution in [0.25, 0.3) is 11.8 Å². The SMILES string of the molecule is C=C1CCC(N2Cc3c(CCC4=Cc5cc(CC)ccc5C4)cccc3C2=C)C(C)C1.CCC.CCC. The average Bonchev–Trinajstić information content (AvgIpc) is 3.44. The first kappa shape index (κ1) is 29.0. The number of nitrogens with zero attached hydrogens (tertiary/aromatic N) is 1. The van der Waals surface area contributed by atoms with E-state index in [4.69, 9.17) is 0 Å². The van der Waals surface area contributed by atoms with Crippen LogP contribution in [-0.4, -0.2) is 10.9 Å². The standard InChI is InChI=1S/C30H35N.2C3H8/c1-5-23-10-13-26-17-24(18-27(26)16-23)11-12-25-7-6-8-28-22(4)31(19-29(25)28)30-14-9-20(2)15-21(30)3;2*1-3-2/h6-8,10,13,16,18,21,30H,2,4-5,9,11-12,14-15,17,19H2,1,3H3;2*3H2,1-2H3. The van der Waals surface area contributed by atoms with Crippen LogP contribution >= 0.6 is 0 Å². The Morgan fingerprint density at radius 3 is 2.35 bits per heavy atom. The molecule has 2 aromatic rings. The van der Waals surface area contributed by atoms with Crippen LogP contribution in [0.4, 0.5) is 0 Å². The monoisotopic (exact) mass is 497 g/mol. The molecule has 1 saturated carbocycles. The highest BCUT2D eigenvalue weighted by Crippen LogP contribution is 2.41. The lowest BCUT2D eigenvalue weighted by molar-refractivity contribution is 0.194. The minimum atomic E-state index is 0.595. The summed E-state index contributed by atoms with van der Waals surface area (Å²) in [6.07, 6.45) is 13.0. The Balaban J connectivity index is 0.000000580. The third-order valence-corrected chi connectivity index (χ3v) is 7.83. The summed E-state index contributed by atoms with van der Waals surface area (Å²) in [5, 5.41) is 0. The van der Waals surface area contributed by atoms with E-state index in [0.717, 1.165) is 45.1 Å². The van der Waals surface area contributed by atoms with Gasteiger partial charge in [0.1, 0.15) is 0 Å². The predicted octanol–water partition coefficient (Wildman–Crippen LogP) is 10.2. The van der Waals surface area contributed by atoms with Crippen LogP contribution in [-0.2, 0) is 25.8 Å². The number of allylic oxidation sites excluding steroid dienone is 2. The molecular weight excluding hydrogens is 446 g/mol. The summed E-state index contributed by atoms with van der Waals surface area (Å²) in [7, 11) is 0. The van der Waals surface area contributed by atoms with Gasteiger partial charge in [0.05, 0.1) is 0 Å². The van der Waals surface area contributed by atoms with E-state index in [2.05, 4.69) is 102 Å². The molecule has 5 rings (SSSR count). The maximum Gasteiger partial charge on any atom is 0.0442 e. The molecule has 2 aliphatic carbocycles. The fraction of sp³-hybridized carbons (Fsp3) is 0.500. The molecule has 0 N–H and O–H groups in total. The molecule has 1 nitrogen and oxygen atoms in total. The van der Waals surface area contributed by atoms with Gasteiger partial charge in [-0.2, -0.15) is 0 Å². The molecule has 0 radical (unpaired) electrons. The lowest BCUT2D eigenvalue weighted by atomic mass is 9.82. The van der Waals surface area contributed by atoms with Gasteiger partial charge in [0.2, 0.25) is 0 Å². The minimum Gasteiger partial charge on any atom is -0.364 e. The average molecular weight is 498 g/mol. The van der Waals surface area contributed by atoms with Crippen molar-refractivity contribution in [2.24, 2.45) is 5.92 Å². The molecule has 2 atom stereocenters. The molecule has 3 aliphatic rings. The first-order valence-corrected chi connectivity index (χ1v) is 14.9. The van der Waals surface area contributed by atoms with Gasteiger partial charge in [-0.1, -0.05) is 121 Å². The third kappa shape index (κ3) is 7.07. The van der Waals surface area contributed by atoms with E-state index >= 15 is 0 Å². The van der Waals surface area contributed by atoms with Gasteiger partial charge >= 0.3 is 0 Å². The van der Waals surface area contributed by atoms with Gasteiger partial charge in [-0.05, 0) is 78.7 Å². The Hall–Kier alpha value is -2.54. The summed E-state index contributed by atoms with van der Waals surface area (Å²) in [6.45, 7) is 22.9. The van der Waals surface area contributed by atoms with Crippen LogP contribution < -0.4 is 0 Å². The number of benzene rings is 2. The topological polar surface area (TPSA) is 3.24 Å². The van der Waals surface area contributed by atoms with Crippen LogP contribution in [0.2, 0.25) is 0 Å². The van der Waals surface area contributed by atoms with Crippen LogP contribution in [0.1, 0.15) is 113 Å². The molecule has 200 valence electrons. The molecule has 37 heavy (non-hydrogen) atoms. The normalized spacial score (nSPS) is 19.8. The van der Waals surface area contributed by atoms with Gasteiger partial charge in [-0.15, -0.1) is 0 Å². The Bertz CT molecular complexity index is 1100. The molecule has 0 amide bonds. The summed E-state index contributed by atoms with van der Waals surface area (Å²) in [6, 6.07) is 14.5. The summed E-state index contributed by atoms with van der Waals surface area (Å²) in [5.74, 6) is 0.658. The zero-order valence-electron chi connectivity index (χ0n) is 24.6. The van der Waals surface area contributed by atoms with Gasteiger partial charge in [0.15, 0.2) is 0 Å². The molecule has 1 heterocycles. The number of aryl methyl sites for hydroxylation is 2. The molecular formula is C36H51N. The fourth-order valence-corrected chi connectivity index (χ4v) is 5.99. The van der Waals surface area contributed by atoms with Crippen molar-refractivity contribution < 1.29 is 0 Å². The second-order valence-electron chi connectivity index (χ2n) is 11.3. The van der Waals surface area contributed by atoms with Crippen molar-refractivity contribution in [3.8, 4) is 0 Å².